The van der Waals surface area contributed by atoms with Crippen LogP contribution in [0.15, 0.2) is 34.9 Å². The first-order chi connectivity index (χ1) is 12.0. The van der Waals surface area contributed by atoms with Crippen molar-refractivity contribution in [1.29, 1.82) is 0 Å². The van der Waals surface area contributed by atoms with Crippen molar-refractivity contribution in [3.63, 3.8) is 0 Å². The molecule has 0 unspecified atom stereocenters. The lowest BCUT2D eigenvalue weighted by Crippen LogP contribution is -2.47. The van der Waals surface area contributed by atoms with E-state index in [9.17, 15) is 9.18 Å². The lowest BCUT2D eigenvalue weighted by Gasteiger charge is -2.34. The van der Waals surface area contributed by atoms with Crippen molar-refractivity contribution >= 4 is 12.0 Å². The Balaban J connectivity index is 1.53. The van der Waals surface area contributed by atoms with E-state index >= 15 is 0 Å². The van der Waals surface area contributed by atoms with E-state index in [1.807, 2.05) is 13.8 Å². The number of aromatic nitrogens is 1. The average molecular weight is 343 g/mol. The van der Waals surface area contributed by atoms with Crippen LogP contribution in [-0.4, -0.2) is 47.0 Å². The van der Waals surface area contributed by atoms with Gasteiger partial charge in [0.25, 0.3) is 0 Å². The summed E-state index contributed by atoms with van der Waals surface area (Å²) < 4.78 is 18.8. The number of hydrogen-bond acceptors (Lipinski definition) is 4. The quantitative estimate of drug-likeness (QED) is 0.801. The third kappa shape index (κ3) is 4.14. The molecule has 1 saturated heterocycles. The first-order valence-electron chi connectivity index (χ1n) is 8.40. The van der Waals surface area contributed by atoms with Crippen molar-refractivity contribution in [2.75, 3.05) is 26.2 Å². The Labute approximate surface area is 146 Å². The number of amides is 1. The highest BCUT2D eigenvalue weighted by Crippen LogP contribution is 2.16. The molecule has 6 heteroatoms. The summed E-state index contributed by atoms with van der Waals surface area (Å²) in [5.41, 5.74) is 2.47. The number of rotatable bonds is 4. The average Bonchev–Trinajstić information content (AvgIpc) is 2.93. The molecule has 2 aromatic rings. The summed E-state index contributed by atoms with van der Waals surface area (Å²) in [4.78, 5) is 16.4. The van der Waals surface area contributed by atoms with Crippen LogP contribution in [0.25, 0.3) is 6.08 Å². The molecule has 25 heavy (non-hydrogen) atoms. The van der Waals surface area contributed by atoms with E-state index < -0.39 is 0 Å². The van der Waals surface area contributed by atoms with Crippen LogP contribution in [0.1, 0.15) is 22.6 Å². The summed E-state index contributed by atoms with van der Waals surface area (Å²) in [7, 11) is 0. The van der Waals surface area contributed by atoms with E-state index in [1.54, 1.807) is 23.1 Å². The first-order valence-corrected chi connectivity index (χ1v) is 8.40. The van der Waals surface area contributed by atoms with Crippen molar-refractivity contribution in [1.82, 2.24) is 15.0 Å². The highest BCUT2D eigenvalue weighted by molar-refractivity contribution is 5.91. The molecule has 3 rings (SSSR count). The third-order valence-electron chi connectivity index (χ3n) is 4.56. The molecule has 132 valence electrons. The molecular weight excluding hydrogens is 321 g/mol. The highest BCUT2D eigenvalue weighted by atomic mass is 19.1. The van der Waals surface area contributed by atoms with Gasteiger partial charge in [0.1, 0.15) is 11.6 Å². The number of aryl methyl sites for hydroxylation is 2. The molecule has 1 aliphatic rings. The topological polar surface area (TPSA) is 49.6 Å². The maximum atomic E-state index is 13.6. The fourth-order valence-electron chi connectivity index (χ4n) is 2.95. The minimum atomic E-state index is -0.323. The number of halogens is 1. The van der Waals surface area contributed by atoms with Crippen molar-refractivity contribution in [2.45, 2.75) is 20.4 Å². The van der Waals surface area contributed by atoms with Crippen LogP contribution in [0.2, 0.25) is 0 Å². The van der Waals surface area contributed by atoms with Crippen LogP contribution in [0.4, 0.5) is 4.39 Å². The van der Waals surface area contributed by atoms with Crippen LogP contribution in [0.5, 0.6) is 0 Å². The van der Waals surface area contributed by atoms with Gasteiger partial charge in [0.2, 0.25) is 5.91 Å². The summed E-state index contributed by atoms with van der Waals surface area (Å²) in [6, 6.07) is 6.42. The van der Waals surface area contributed by atoms with Crippen LogP contribution < -0.4 is 0 Å². The second kappa shape index (κ2) is 7.61. The predicted octanol–water partition coefficient (Wildman–Crippen LogP) is 2.79. The van der Waals surface area contributed by atoms with Gasteiger partial charge in [0.05, 0.1) is 5.69 Å². The molecule has 0 aliphatic carbocycles. The lowest BCUT2D eigenvalue weighted by molar-refractivity contribution is -0.127. The zero-order chi connectivity index (χ0) is 17.8. The zero-order valence-electron chi connectivity index (χ0n) is 14.5. The molecule has 0 atom stereocenters. The van der Waals surface area contributed by atoms with Gasteiger partial charge in [0, 0.05) is 49.9 Å². The van der Waals surface area contributed by atoms with Crippen molar-refractivity contribution in [3.05, 3.63) is 58.7 Å². The highest BCUT2D eigenvalue weighted by Gasteiger charge is 2.21. The minimum Gasteiger partial charge on any atom is -0.361 e. The number of hydrogen-bond donors (Lipinski definition) is 0. The van der Waals surface area contributed by atoms with Gasteiger partial charge >= 0.3 is 0 Å². The molecule has 1 fully saturated rings. The van der Waals surface area contributed by atoms with E-state index in [-0.39, 0.29) is 11.7 Å². The van der Waals surface area contributed by atoms with Gasteiger partial charge in [-0.15, -0.1) is 0 Å². The van der Waals surface area contributed by atoms with Crippen LogP contribution in [-0.2, 0) is 11.3 Å². The molecule has 1 aromatic heterocycles. The Bertz CT molecular complexity index is 757. The van der Waals surface area contributed by atoms with Crippen molar-refractivity contribution < 1.29 is 13.7 Å². The van der Waals surface area contributed by atoms with Crippen LogP contribution in [0.3, 0.4) is 0 Å². The maximum Gasteiger partial charge on any atom is 0.246 e. The molecule has 0 bridgehead atoms. The second-order valence-corrected chi connectivity index (χ2v) is 6.26. The zero-order valence-corrected chi connectivity index (χ0v) is 14.5. The number of piperazine rings is 1. The molecule has 0 spiro atoms. The Morgan fingerprint density at radius 1 is 1.24 bits per heavy atom. The normalized spacial score (nSPS) is 15.9. The van der Waals surface area contributed by atoms with Gasteiger partial charge in [-0.2, -0.15) is 0 Å². The number of carbonyl (C=O) groups excluding carboxylic acids is 1. The van der Waals surface area contributed by atoms with Crippen LogP contribution in [0, 0.1) is 19.7 Å². The Morgan fingerprint density at radius 2 is 1.96 bits per heavy atom. The monoisotopic (exact) mass is 343 g/mol. The molecule has 1 aromatic carbocycles. The summed E-state index contributed by atoms with van der Waals surface area (Å²) in [5, 5.41) is 3.98. The minimum absolute atomic E-state index is 0.0831. The van der Waals surface area contributed by atoms with E-state index in [2.05, 4.69) is 10.1 Å². The Morgan fingerprint density at radius 3 is 2.60 bits per heavy atom. The molecule has 1 amide bonds. The lowest BCUT2D eigenvalue weighted by atomic mass is 10.1. The Hall–Kier alpha value is -2.47. The summed E-state index contributed by atoms with van der Waals surface area (Å²) in [6.07, 6.45) is 2.98. The summed E-state index contributed by atoms with van der Waals surface area (Å²) >= 11 is 0. The smallest absolute Gasteiger partial charge is 0.246 e. The van der Waals surface area contributed by atoms with Gasteiger partial charge in [-0.1, -0.05) is 23.4 Å². The number of carbonyl (C=O) groups is 1. The van der Waals surface area contributed by atoms with Crippen molar-refractivity contribution in [2.24, 2.45) is 0 Å². The molecule has 5 nitrogen and oxygen atoms in total. The second-order valence-electron chi connectivity index (χ2n) is 6.26. The molecule has 0 N–H and O–H groups in total. The predicted molar refractivity (Wildman–Crippen MR) is 93.3 cm³/mol. The third-order valence-corrected chi connectivity index (χ3v) is 4.56. The van der Waals surface area contributed by atoms with E-state index in [1.165, 1.54) is 18.2 Å². The molecule has 2 heterocycles. The SMILES string of the molecule is Cc1noc(C)c1CN1CCN(C(=O)/C=C/c2ccccc2F)CC1. The largest absolute Gasteiger partial charge is 0.361 e. The molecule has 1 aliphatic heterocycles. The fraction of sp³-hybridized carbons (Fsp3) is 0.368. The number of benzene rings is 1. The molecular formula is C19H22FN3O2. The van der Waals surface area contributed by atoms with Gasteiger partial charge in [-0.25, -0.2) is 4.39 Å². The van der Waals surface area contributed by atoms with Crippen molar-refractivity contribution in [3.8, 4) is 0 Å². The maximum absolute atomic E-state index is 13.6. The van der Waals surface area contributed by atoms with Gasteiger partial charge in [-0.3, -0.25) is 9.69 Å². The van der Waals surface area contributed by atoms with Gasteiger partial charge in [-0.05, 0) is 26.0 Å². The standard InChI is InChI=1S/C19H22FN3O2/c1-14-17(15(2)25-21-14)13-22-9-11-23(12-10-22)19(24)8-7-16-5-3-4-6-18(16)20/h3-8H,9-13H2,1-2H3/b8-7+. The summed E-state index contributed by atoms with van der Waals surface area (Å²) in [5.74, 6) is 0.444. The number of nitrogens with zero attached hydrogens (tertiary/aromatic N) is 3. The van der Waals surface area contributed by atoms with Gasteiger partial charge < -0.3 is 9.42 Å². The van der Waals surface area contributed by atoms with E-state index in [4.69, 9.17) is 4.52 Å². The van der Waals surface area contributed by atoms with Gasteiger partial charge in [0.15, 0.2) is 0 Å². The molecule has 0 radical (unpaired) electrons. The Kier molecular flexibility index (Phi) is 5.28. The molecule has 0 saturated carbocycles. The first kappa shape index (κ1) is 17.4. The van der Waals surface area contributed by atoms with Crippen LogP contribution >= 0.6 is 0 Å². The van der Waals surface area contributed by atoms with E-state index in [0.29, 0.717) is 18.7 Å². The van der Waals surface area contributed by atoms with E-state index in [0.717, 1.165) is 36.7 Å². The summed E-state index contributed by atoms with van der Waals surface area (Å²) in [6.45, 7) is 7.55. The fourth-order valence-corrected chi connectivity index (χ4v) is 2.95.